The summed E-state index contributed by atoms with van der Waals surface area (Å²) in [4.78, 5) is 12.0. The Bertz CT molecular complexity index is 424. The molecule has 1 amide bonds. The van der Waals surface area contributed by atoms with E-state index in [2.05, 4.69) is 28.2 Å². The van der Waals surface area contributed by atoms with E-state index in [1.165, 1.54) is 0 Å². The molecule has 0 bridgehead atoms. The van der Waals surface area contributed by atoms with Gasteiger partial charge in [-0.25, -0.2) is 0 Å². The lowest BCUT2D eigenvalue weighted by Crippen LogP contribution is -2.25. The van der Waals surface area contributed by atoms with Crippen molar-refractivity contribution in [3.63, 3.8) is 0 Å². The second-order valence-corrected chi connectivity index (χ2v) is 5.34. The summed E-state index contributed by atoms with van der Waals surface area (Å²) < 4.78 is 11.5. The molecule has 1 rings (SSSR count). The van der Waals surface area contributed by atoms with Gasteiger partial charge >= 0.3 is 0 Å². The maximum Gasteiger partial charge on any atom is 0.255 e. The third-order valence-electron chi connectivity index (χ3n) is 2.80. The van der Waals surface area contributed by atoms with Crippen LogP contribution < -0.4 is 10.1 Å². The van der Waals surface area contributed by atoms with E-state index in [1.54, 1.807) is 19.2 Å². The van der Waals surface area contributed by atoms with Crippen LogP contribution >= 0.6 is 15.9 Å². The minimum Gasteiger partial charge on any atom is -0.496 e. The van der Waals surface area contributed by atoms with Crippen LogP contribution in [0.4, 0.5) is 0 Å². The number of hydrogen-bond acceptors (Lipinski definition) is 3. The molecule has 20 heavy (non-hydrogen) atoms. The van der Waals surface area contributed by atoms with Crippen LogP contribution in [0.15, 0.2) is 22.7 Å². The van der Waals surface area contributed by atoms with E-state index < -0.39 is 0 Å². The summed E-state index contributed by atoms with van der Waals surface area (Å²) in [6.07, 6.45) is 3.04. The number of carbonyl (C=O) groups excluding carboxylic acids is 1. The number of amides is 1. The van der Waals surface area contributed by atoms with Gasteiger partial charge in [-0.3, -0.25) is 4.79 Å². The lowest BCUT2D eigenvalue weighted by atomic mass is 10.2. The van der Waals surface area contributed by atoms with Crippen molar-refractivity contribution in [2.45, 2.75) is 26.2 Å². The summed E-state index contributed by atoms with van der Waals surface area (Å²) in [5.74, 6) is 0.443. The molecule has 0 fully saturated rings. The number of benzene rings is 1. The quantitative estimate of drug-likeness (QED) is 0.699. The Labute approximate surface area is 129 Å². The first kappa shape index (κ1) is 17.0. The van der Waals surface area contributed by atoms with E-state index in [1.807, 2.05) is 6.07 Å². The van der Waals surface area contributed by atoms with Crippen molar-refractivity contribution < 1.29 is 14.3 Å². The summed E-state index contributed by atoms with van der Waals surface area (Å²) in [5.41, 5.74) is 0.544. The largest absolute Gasteiger partial charge is 0.496 e. The van der Waals surface area contributed by atoms with E-state index in [4.69, 9.17) is 9.47 Å². The topological polar surface area (TPSA) is 47.6 Å². The highest BCUT2D eigenvalue weighted by Crippen LogP contribution is 2.23. The zero-order valence-electron chi connectivity index (χ0n) is 12.1. The molecular weight excluding hydrogens is 322 g/mol. The van der Waals surface area contributed by atoms with Crippen LogP contribution in [0.2, 0.25) is 0 Å². The van der Waals surface area contributed by atoms with Crippen molar-refractivity contribution in [1.29, 1.82) is 0 Å². The molecule has 0 atom stereocenters. The molecule has 0 saturated heterocycles. The van der Waals surface area contributed by atoms with Crippen LogP contribution in [-0.2, 0) is 4.74 Å². The third kappa shape index (κ3) is 5.92. The Kier molecular flexibility index (Phi) is 8.30. The summed E-state index contributed by atoms with van der Waals surface area (Å²) >= 11 is 3.35. The standard InChI is InChI=1S/C15H22BrNO3/c1-3-4-9-20-10-5-8-17-15(18)13-7-6-12(16)11-14(13)19-2/h6-7,11H,3-5,8-10H2,1-2H3,(H,17,18). The number of halogens is 1. The summed E-state index contributed by atoms with van der Waals surface area (Å²) in [7, 11) is 1.56. The zero-order valence-corrected chi connectivity index (χ0v) is 13.7. The van der Waals surface area contributed by atoms with Crippen LogP contribution in [0.25, 0.3) is 0 Å². The molecule has 0 radical (unpaired) electrons. The second-order valence-electron chi connectivity index (χ2n) is 4.42. The highest BCUT2D eigenvalue weighted by atomic mass is 79.9. The molecule has 1 N–H and O–H groups in total. The SMILES string of the molecule is CCCCOCCCNC(=O)c1ccc(Br)cc1OC. The Morgan fingerprint density at radius 3 is 2.75 bits per heavy atom. The third-order valence-corrected chi connectivity index (χ3v) is 3.29. The summed E-state index contributed by atoms with van der Waals surface area (Å²) in [6, 6.07) is 5.35. The van der Waals surface area contributed by atoms with Gasteiger partial charge in [0.25, 0.3) is 5.91 Å². The Morgan fingerprint density at radius 1 is 1.30 bits per heavy atom. The Hall–Kier alpha value is -1.07. The van der Waals surface area contributed by atoms with Gasteiger partial charge in [0.05, 0.1) is 12.7 Å². The minimum atomic E-state index is -0.122. The molecule has 0 aliphatic rings. The fraction of sp³-hybridized carbons (Fsp3) is 0.533. The number of methoxy groups -OCH3 is 1. The summed E-state index contributed by atoms with van der Waals surface area (Å²) in [6.45, 7) is 4.21. The number of rotatable bonds is 9. The Balaban J connectivity index is 2.32. The first-order valence-corrected chi connectivity index (χ1v) is 7.67. The van der Waals surface area contributed by atoms with Crippen molar-refractivity contribution in [3.8, 4) is 5.75 Å². The molecule has 0 spiro atoms. The number of unbranched alkanes of at least 4 members (excludes halogenated alkanes) is 1. The van der Waals surface area contributed by atoms with E-state index >= 15 is 0 Å². The molecule has 0 unspecified atom stereocenters. The molecule has 1 aromatic rings. The molecule has 0 aliphatic heterocycles. The highest BCUT2D eigenvalue weighted by Gasteiger charge is 2.11. The van der Waals surface area contributed by atoms with Gasteiger partial charge in [0.2, 0.25) is 0 Å². The van der Waals surface area contributed by atoms with Crippen molar-refractivity contribution in [2.24, 2.45) is 0 Å². The predicted octanol–water partition coefficient (Wildman–Crippen LogP) is 3.39. The molecule has 0 aromatic heterocycles. The number of ether oxygens (including phenoxy) is 2. The molecule has 1 aromatic carbocycles. The van der Waals surface area contributed by atoms with Crippen molar-refractivity contribution in [3.05, 3.63) is 28.2 Å². The van der Waals surface area contributed by atoms with Gasteiger partial charge in [-0.15, -0.1) is 0 Å². The first-order chi connectivity index (χ1) is 9.69. The lowest BCUT2D eigenvalue weighted by molar-refractivity contribution is 0.0937. The zero-order chi connectivity index (χ0) is 14.8. The van der Waals surface area contributed by atoms with Gasteiger partial charge in [-0.1, -0.05) is 29.3 Å². The van der Waals surface area contributed by atoms with Gasteiger partial charge in [-0.05, 0) is 31.0 Å². The van der Waals surface area contributed by atoms with E-state index in [0.29, 0.717) is 24.5 Å². The van der Waals surface area contributed by atoms with Crippen LogP contribution in [0.3, 0.4) is 0 Å². The van der Waals surface area contributed by atoms with E-state index in [-0.39, 0.29) is 5.91 Å². The Morgan fingerprint density at radius 2 is 2.05 bits per heavy atom. The van der Waals surface area contributed by atoms with Gasteiger partial charge in [0.15, 0.2) is 0 Å². The average Bonchev–Trinajstić information content (AvgIpc) is 2.45. The van der Waals surface area contributed by atoms with Crippen molar-refractivity contribution in [1.82, 2.24) is 5.32 Å². The molecule has 112 valence electrons. The van der Waals surface area contributed by atoms with Crippen LogP contribution in [0.5, 0.6) is 5.75 Å². The molecule has 5 heteroatoms. The number of nitrogens with one attached hydrogen (secondary N) is 1. The fourth-order valence-corrected chi connectivity index (χ4v) is 2.01. The van der Waals surface area contributed by atoms with Crippen LogP contribution in [0.1, 0.15) is 36.5 Å². The smallest absolute Gasteiger partial charge is 0.255 e. The van der Waals surface area contributed by atoms with Gasteiger partial charge in [0.1, 0.15) is 5.75 Å². The minimum absolute atomic E-state index is 0.122. The van der Waals surface area contributed by atoms with E-state index in [9.17, 15) is 4.79 Å². The molecule has 0 heterocycles. The van der Waals surface area contributed by atoms with Gasteiger partial charge in [0, 0.05) is 24.2 Å². The molecule has 0 saturated carbocycles. The normalized spacial score (nSPS) is 10.3. The van der Waals surface area contributed by atoms with Crippen molar-refractivity contribution in [2.75, 3.05) is 26.9 Å². The second kappa shape index (κ2) is 9.77. The first-order valence-electron chi connectivity index (χ1n) is 6.88. The van der Waals surface area contributed by atoms with Gasteiger partial charge < -0.3 is 14.8 Å². The maximum atomic E-state index is 12.0. The predicted molar refractivity (Wildman–Crippen MR) is 83.4 cm³/mol. The van der Waals surface area contributed by atoms with Crippen LogP contribution in [-0.4, -0.2) is 32.8 Å². The molecule has 0 aliphatic carbocycles. The average molecular weight is 344 g/mol. The molecule has 4 nitrogen and oxygen atoms in total. The number of carbonyl (C=O) groups is 1. The van der Waals surface area contributed by atoms with Crippen LogP contribution in [0, 0.1) is 0 Å². The van der Waals surface area contributed by atoms with Crippen molar-refractivity contribution >= 4 is 21.8 Å². The van der Waals surface area contributed by atoms with E-state index in [0.717, 1.165) is 30.3 Å². The monoisotopic (exact) mass is 343 g/mol. The number of hydrogen-bond donors (Lipinski definition) is 1. The maximum absolute atomic E-state index is 12.0. The highest BCUT2D eigenvalue weighted by molar-refractivity contribution is 9.10. The molecular formula is C15H22BrNO3. The van der Waals surface area contributed by atoms with Gasteiger partial charge in [-0.2, -0.15) is 0 Å². The fourth-order valence-electron chi connectivity index (χ4n) is 1.67. The summed E-state index contributed by atoms with van der Waals surface area (Å²) in [5, 5.41) is 2.87. The lowest BCUT2D eigenvalue weighted by Gasteiger charge is -2.10.